The minimum absolute atomic E-state index is 0.0312. The summed E-state index contributed by atoms with van der Waals surface area (Å²) in [6, 6.07) is 7.74. The van der Waals surface area contributed by atoms with Crippen LogP contribution in [0.5, 0.6) is 0 Å². The Balaban J connectivity index is 1.43. The minimum atomic E-state index is -0.514. The maximum atomic E-state index is 13.2. The van der Waals surface area contributed by atoms with E-state index in [1.807, 2.05) is 22.6 Å². The summed E-state index contributed by atoms with van der Waals surface area (Å²) in [5, 5.41) is 7.28. The summed E-state index contributed by atoms with van der Waals surface area (Å²) in [4.78, 5) is 29.2. The Morgan fingerprint density at radius 3 is 2.82 bits per heavy atom. The Hall–Kier alpha value is -2.74. The van der Waals surface area contributed by atoms with Crippen LogP contribution >= 0.6 is 0 Å². The first kappa shape index (κ1) is 18.6. The van der Waals surface area contributed by atoms with Gasteiger partial charge in [-0.15, -0.1) is 0 Å². The Morgan fingerprint density at radius 1 is 1.25 bits per heavy atom. The van der Waals surface area contributed by atoms with Gasteiger partial charge in [0.05, 0.1) is 36.9 Å². The lowest BCUT2D eigenvalue weighted by molar-refractivity contribution is -0.140. The number of fused-ring (bicyclic) bond motifs is 1. The molecule has 3 heterocycles. The highest BCUT2D eigenvalue weighted by Gasteiger charge is 2.33. The predicted octanol–water partition coefficient (Wildman–Crippen LogP) is 1.06. The topological polar surface area (TPSA) is 70.5 Å². The molecular formula is C20H24FN5O2. The van der Waals surface area contributed by atoms with Gasteiger partial charge in [-0.2, -0.15) is 5.10 Å². The third kappa shape index (κ3) is 3.91. The van der Waals surface area contributed by atoms with Crippen LogP contribution in [0, 0.1) is 12.7 Å². The molecule has 1 aromatic carbocycles. The number of hydrogen-bond donors (Lipinski definition) is 1. The Bertz CT molecular complexity index is 879. The second kappa shape index (κ2) is 7.71. The number of halogens is 1. The summed E-state index contributed by atoms with van der Waals surface area (Å²) >= 11 is 0. The van der Waals surface area contributed by atoms with Crippen LogP contribution in [0.25, 0.3) is 0 Å². The third-order valence-corrected chi connectivity index (χ3v) is 5.38. The first-order valence-corrected chi connectivity index (χ1v) is 9.57. The van der Waals surface area contributed by atoms with Crippen molar-refractivity contribution in [2.24, 2.45) is 0 Å². The van der Waals surface area contributed by atoms with Gasteiger partial charge in [0.2, 0.25) is 11.8 Å². The fourth-order valence-electron chi connectivity index (χ4n) is 3.91. The van der Waals surface area contributed by atoms with Gasteiger partial charge in [0, 0.05) is 26.2 Å². The standard InChI is InChI=1S/C20H24FN5O2/c1-14-10-17-13-25(8-9-26(17)23-14)19(27)11-18-20(28)22-6-7-24(18)12-15-2-4-16(21)5-3-15/h2-5,10,18H,6-9,11-13H2,1H3,(H,22,28). The molecule has 1 N–H and O–H groups in total. The number of benzene rings is 1. The van der Waals surface area contributed by atoms with Gasteiger partial charge < -0.3 is 10.2 Å². The van der Waals surface area contributed by atoms with E-state index >= 15 is 0 Å². The molecule has 2 aromatic rings. The number of rotatable bonds is 4. The van der Waals surface area contributed by atoms with Crippen LogP contribution in [0.3, 0.4) is 0 Å². The van der Waals surface area contributed by atoms with E-state index in [2.05, 4.69) is 10.4 Å². The summed E-state index contributed by atoms with van der Waals surface area (Å²) in [5.74, 6) is -0.442. The average Bonchev–Trinajstić information content (AvgIpc) is 3.05. The van der Waals surface area contributed by atoms with Crippen molar-refractivity contribution in [1.82, 2.24) is 24.9 Å². The van der Waals surface area contributed by atoms with Crippen LogP contribution in [0.15, 0.2) is 30.3 Å². The fourth-order valence-corrected chi connectivity index (χ4v) is 3.91. The van der Waals surface area contributed by atoms with Gasteiger partial charge in [-0.3, -0.25) is 19.2 Å². The zero-order valence-electron chi connectivity index (χ0n) is 15.9. The average molecular weight is 385 g/mol. The van der Waals surface area contributed by atoms with Crippen LogP contribution in [0.4, 0.5) is 4.39 Å². The molecule has 4 rings (SSSR count). The minimum Gasteiger partial charge on any atom is -0.353 e. The summed E-state index contributed by atoms with van der Waals surface area (Å²) in [7, 11) is 0. The highest BCUT2D eigenvalue weighted by molar-refractivity contribution is 5.88. The highest BCUT2D eigenvalue weighted by Crippen LogP contribution is 2.18. The monoisotopic (exact) mass is 385 g/mol. The van der Waals surface area contributed by atoms with Crippen molar-refractivity contribution in [3.8, 4) is 0 Å². The van der Waals surface area contributed by atoms with E-state index in [4.69, 9.17) is 0 Å². The van der Waals surface area contributed by atoms with Gasteiger partial charge in [-0.25, -0.2) is 4.39 Å². The van der Waals surface area contributed by atoms with Gasteiger partial charge in [-0.05, 0) is 30.7 Å². The largest absolute Gasteiger partial charge is 0.353 e. The van der Waals surface area contributed by atoms with E-state index in [1.165, 1.54) is 12.1 Å². The number of aryl methyl sites for hydroxylation is 1. The van der Waals surface area contributed by atoms with E-state index in [1.54, 1.807) is 17.0 Å². The Morgan fingerprint density at radius 2 is 2.04 bits per heavy atom. The smallest absolute Gasteiger partial charge is 0.237 e. The van der Waals surface area contributed by atoms with Crippen molar-refractivity contribution in [1.29, 1.82) is 0 Å². The SMILES string of the molecule is Cc1cc2n(n1)CCN(C(=O)CC1C(=O)NCCN1Cc1ccc(F)cc1)C2. The summed E-state index contributed by atoms with van der Waals surface area (Å²) < 4.78 is 15.1. The molecule has 1 saturated heterocycles. The van der Waals surface area contributed by atoms with Crippen molar-refractivity contribution < 1.29 is 14.0 Å². The van der Waals surface area contributed by atoms with Crippen molar-refractivity contribution in [2.75, 3.05) is 19.6 Å². The van der Waals surface area contributed by atoms with Crippen molar-refractivity contribution in [3.63, 3.8) is 0 Å². The first-order chi connectivity index (χ1) is 13.5. The highest BCUT2D eigenvalue weighted by atomic mass is 19.1. The molecule has 28 heavy (non-hydrogen) atoms. The number of nitrogens with zero attached hydrogens (tertiary/aromatic N) is 4. The molecule has 2 aliphatic heterocycles. The van der Waals surface area contributed by atoms with Gasteiger partial charge >= 0.3 is 0 Å². The second-order valence-electron chi connectivity index (χ2n) is 7.42. The number of carbonyl (C=O) groups excluding carboxylic acids is 2. The van der Waals surface area contributed by atoms with E-state index in [0.717, 1.165) is 17.0 Å². The molecule has 1 aromatic heterocycles. The van der Waals surface area contributed by atoms with Crippen LogP contribution in [0.2, 0.25) is 0 Å². The molecule has 0 radical (unpaired) electrons. The maximum Gasteiger partial charge on any atom is 0.237 e. The van der Waals surface area contributed by atoms with Crippen molar-refractivity contribution in [3.05, 3.63) is 53.1 Å². The van der Waals surface area contributed by atoms with E-state index in [-0.39, 0.29) is 24.1 Å². The van der Waals surface area contributed by atoms with Crippen molar-refractivity contribution >= 4 is 11.8 Å². The van der Waals surface area contributed by atoms with Gasteiger partial charge in [0.1, 0.15) is 5.82 Å². The lowest BCUT2D eigenvalue weighted by Crippen LogP contribution is -2.56. The van der Waals surface area contributed by atoms with Gasteiger partial charge in [0.15, 0.2) is 0 Å². The van der Waals surface area contributed by atoms with Gasteiger partial charge in [0.25, 0.3) is 0 Å². The fraction of sp³-hybridized carbons (Fsp3) is 0.450. The van der Waals surface area contributed by atoms with Crippen LogP contribution < -0.4 is 5.32 Å². The first-order valence-electron chi connectivity index (χ1n) is 9.57. The number of nitrogens with one attached hydrogen (secondary N) is 1. The summed E-state index contributed by atoms with van der Waals surface area (Å²) in [6.45, 7) is 5.45. The number of carbonyl (C=O) groups is 2. The molecule has 0 bridgehead atoms. The van der Waals surface area contributed by atoms with Crippen LogP contribution in [0.1, 0.15) is 23.4 Å². The van der Waals surface area contributed by atoms with E-state index in [9.17, 15) is 14.0 Å². The van der Waals surface area contributed by atoms with Crippen molar-refractivity contribution in [2.45, 2.75) is 39.0 Å². The lowest BCUT2D eigenvalue weighted by atomic mass is 10.1. The number of aromatic nitrogens is 2. The molecule has 0 spiro atoms. The third-order valence-electron chi connectivity index (χ3n) is 5.38. The quantitative estimate of drug-likeness (QED) is 0.855. The molecule has 0 saturated carbocycles. The summed E-state index contributed by atoms with van der Waals surface area (Å²) in [6.07, 6.45) is 0.139. The zero-order valence-corrected chi connectivity index (χ0v) is 15.9. The molecule has 1 atom stereocenters. The molecule has 1 fully saturated rings. The normalized spacial score (nSPS) is 20.0. The predicted molar refractivity (Wildman–Crippen MR) is 101 cm³/mol. The maximum absolute atomic E-state index is 13.2. The molecule has 1 unspecified atom stereocenters. The molecule has 148 valence electrons. The number of hydrogen-bond acceptors (Lipinski definition) is 4. The molecule has 2 aliphatic rings. The van der Waals surface area contributed by atoms with Crippen LogP contribution in [-0.4, -0.2) is 57.1 Å². The molecular weight excluding hydrogens is 361 g/mol. The molecule has 7 nitrogen and oxygen atoms in total. The second-order valence-corrected chi connectivity index (χ2v) is 7.42. The zero-order chi connectivity index (χ0) is 19.7. The Labute approximate surface area is 163 Å². The number of piperazine rings is 1. The Kier molecular flexibility index (Phi) is 5.13. The number of amides is 2. The molecule has 0 aliphatic carbocycles. The lowest BCUT2D eigenvalue weighted by Gasteiger charge is -2.36. The van der Waals surface area contributed by atoms with Crippen LogP contribution in [-0.2, 0) is 29.2 Å². The van der Waals surface area contributed by atoms with Gasteiger partial charge in [-0.1, -0.05) is 12.1 Å². The molecule has 2 amide bonds. The molecule has 8 heteroatoms. The van der Waals surface area contributed by atoms with E-state index in [0.29, 0.717) is 39.3 Å². The summed E-state index contributed by atoms with van der Waals surface area (Å²) in [5.41, 5.74) is 2.89. The van der Waals surface area contributed by atoms with E-state index < -0.39 is 6.04 Å².